The third kappa shape index (κ3) is 2.63. The Balaban J connectivity index is 1.46. The molecule has 2 atom stereocenters. The lowest BCUT2D eigenvalue weighted by atomic mass is 10.1. The first-order valence-corrected chi connectivity index (χ1v) is 11.3. The van der Waals surface area contributed by atoms with E-state index in [9.17, 15) is 8.42 Å². The Morgan fingerprint density at radius 2 is 2.04 bits per heavy atom. The van der Waals surface area contributed by atoms with Crippen LogP contribution in [0.2, 0.25) is 0 Å². The van der Waals surface area contributed by atoms with E-state index in [-0.39, 0.29) is 23.6 Å². The second-order valence-corrected chi connectivity index (χ2v) is 9.82. The summed E-state index contributed by atoms with van der Waals surface area (Å²) in [6.07, 6.45) is 0. The predicted molar refractivity (Wildman–Crippen MR) is 103 cm³/mol. The number of rotatable bonds is 2. The summed E-state index contributed by atoms with van der Waals surface area (Å²) in [5, 5.41) is 6.31. The number of sulfone groups is 1. The number of thiazole rings is 1. The van der Waals surface area contributed by atoms with Crippen molar-refractivity contribution in [2.24, 2.45) is 0 Å². The Morgan fingerprint density at radius 1 is 1.23 bits per heavy atom. The molecule has 0 saturated carbocycles. The van der Waals surface area contributed by atoms with E-state index >= 15 is 0 Å². The van der Waals surface area contributed by atoms with E-state index in [1.54, 1.807) is 0 Å². The fourth-order valence-corrected chi connectivity index (χ4v) is 6.76. The van der Waals surface area contributed by atoms with Gasteiger partial charge < -0.3 is 14.8 Å². The number of fused-ring (bicyclic) bond motifs is 2. The maximum absolute atomic E-state index is 11.9. The molecule has 3 aliphatic heterocycles. The Bertz CT molecular complexity index is 1000. The number of hydrogen-bond acceptors (Lipinski definition) is 7. The number of hydrogen-bond donors (Lipinski definition) is 1. The first kappa shape index (κ1) is 16.3. The zero-order valence-electron chi connectivity index (χ0n) is 13.5. The van der Waals surface area contributed by atoms with Crippen molar-refractivity contribution in [2.75, 3.05) is 29.6 Å². The normalized spacial score (nSPS) is 25.8. The van der Waals surface area contributed by atoms with Gasteiger partial charge >= 0.3 is 0 Å². The second-order valence-electron chi connectivity index (χ2n) is 6.44. The number of anilines is 1. The standard InChI is InChI=1S/C16H15N3O4S3/c20-26(21)7-11-12(8-26)19(15(24)17-11)16-18-10(6-25-16)9-1-2-13-14(5-9)23-4-3-22-13/h1-2,5-6,11-12H,3-4,7-8H2,(H,17,24)/t11-,12+/m0/s1. The van der Waals surface area contributed by atoms with Gasteiger partial charge in [0, 0.05) is 10.9 Å². The van der Waals surface area contributed by atoms with Gasteiger partial charge in [-0.3, -0.25) is 4.90 Å². The van der Waals surface area contributed by atoms with Crippen LogP contribution in [0.1, 0.15) is 0 Å². The lowest BCUT2D eigenvalue weighted by Crippen LogP contribution is -2.36. The lowest BCUT2D eigenvalue weighted by Gasteiger charge is -2.20. The number of nitrogens with zero attached hydrogens (tertiary/aromatic N) is 2. The first-order valence-electron chi connectivity index (χ1n) is 8.16. The predicted octanol–water partition coefficient (Wildman–Crippen LogP) is 1.44. The first-order chi connectivity index (χ1) is 12.5. The van der Waals surface area contributed by atoms with Crippen LogP contribution in [-0.4, -0.2) is 55.3 Å². The molecular formula is C16H15N3O4S3. The van der Waals surface area contributed by atoms with Crippen molar-refractivity contribution >= 4 is 43.6 Å². The van der Waals surface area contributed by atoms with Gasteiger partial charge in [-0.2, -0.15) is 0 Å². The van der Waals surface area contributed by atoms with E-state index in [1.165, 1.54) is 11.3 Å². The highest BCUT2D eigenvalue weighted by Gasteiger charge is 2.48. The van der Waals surface area contributed by atoms with Crippen LogP contribution >= 0.6 is 23.6 Å². The van der Waals surface area contributed by atoms with E-state index in [0.717, 1.165) is 17.0 Å². The van der Waals surface area contributed by atoms with Crippen molar-refractivity contribution in [1.29, 1.82) is 0 Å². The number of thiocarbonyl (C=S) groups is 1. The fourth-order valence-electron chi connectivity index (χ4n) is 3.54. The number of nitrogens with one attached hydrogen (secondary N) is 1. The monoisotopic (exact) mass is 409 g/mol. The van der Waals surface area contributed by atoms with Crippen LogP contribution in [0, 0.1) is 0 Å². The van der Waals surface area contributed by atoms with E-state index in [1.807, 2.05) is 28.5 Å². The van der Waals surface area contributed by atoms with Crippen molar-refractivity contribution < 1.29 is 17.9 Å². The summed E-state index contributed by atoms with van der Waals surface area (Å²) in [6, 6.07) is 5.39. The fraction of sp³-hybridized carbons (Fsp3) is 0.375. The molecule has 2 saturated heterocycles. The van der Waals surface area contributed by atoms with E-state index in [2.05, 4.69) is 5.32 Å². The Kier molecular flexibility index (Phi) is 3.63. The smallest absolute Gasteiger partial charge is 0.192 e. The van der Waals surface area contributed by atoms with Crippen LogP contribution in [-0.2, 0) is 9.84 Å². The number of aromatic nitrogens is 1. The third-order valence-corrected chi connectivity index (χ3v) is 7.59. The van der Waals surface area contributed by atoms with E-state index < -0.39 is 9.84 Å². The summed E-state index contributed by atoms with van der Waals surface area (Å²) in [5.41, 5.74) is 1.72. The van der Waals surface area contributed by atoms with Crippen LogP contribution in [0.25, 0.3) is 11.3 Å². The summed E-state index contributed by atoms with van der Waals surface area (Å²) in [7, 11) is -3.04. The molecule has 136 valence electrons. The Hall–Kier alpha value is -1.91. The summed E-state index contributed by atoms with van der Waals surface area (Å²) in [4.78, 5) is 6.54. The molecule has 1 aromatic heterocycles. The van der Waals surface area contributed by atoms with Gasteiger partial charge in [-0.15, -0.1) is 11.3 Å². The topological polar surface area (TPSA) is 80.8 Å². The maximum atomic E-state index is 11.9. The van der Waals surface area contributed by atoms with E-state index in [0.29, 0.717) is 29.2 Å². The zero-order chi connectivity index (χ0) is 17.9. The Morgan fingerprint density at radius 3 is 2.88 bits per heavy atom. The molecule has 0 bridgehead atoms. The summed E-state index contributed by atoms with van der Waals surface area (Å²) >= 11 is 6.86. The van der Waals surface area contributed by atoms with Crippen LogP contribution in [0.5, 0.6) is 11.5 Å². The summed E-state index contributed by atoms with van der Waals surface area (Å²) < 4.78 is 35.1. The highest BCUT2D eigenvalue weighted by atomic mass is 32.2. The van der Waals surface area contributed by atoms with Crippen molar-refractivity contribution in [3.63, 3.8) is 0 Å². The molecule has 0 spiro atoms. The average molecular weight is 410 g/mol. The zero-order valence-corrected chi connectivity index (χ0v) is 16.0. The molecule has 26 heavy (non-hydrogen) atoms. The van der Waals surface area contributed by atoms with Crippen molar-refractivity contribution in [1.82, 2.24) is 10.3 Å². The highest BCUT2D eigenvalue weighted by molar-refractivity contribution is 7.91. The van der Waals surface area contributed by atoms with Crippen LogP contribution in [0.15, 0.2) is 23.6 Å². The molecule has 0 radical (unpaired) electrons. The van der Waals surface area contributed by atoms with Gasteiger partial charge in [0.2, 0.25) is 0 Å². The van der Waals surface area contributed by atoms with Crippen LogP contribution in [0.4, 0.5) is 5.13 Å². The molecule has 2 aromatic rings. The van der Waals surface area contributed by atoms with Crippen molar-refractivity contribution in [2.45, 2.75) is 12.1 Å². The molecule has 7 nitrogen and oxygen atoms in total. The van der Waals surface area contributed by atoms with Crippen molar-refractivity contribution in [3.8, 4) is 22.8 Å². The van der Waals surface area contributed by atoms with Gasteiger partial charge in [-0.05, 0) is 30.4 Å². The van der Waals surface area contributed by atoms with Gasteiger partial charge in [0.05, 0.1) is 29.3 Å². The van der Waals surface area contributed by atoms with Crippen molar-refractivity contribution in [3.05, 3.63) is 23.6 Å². The molecule has 2 fully saturated rings. The maximum Gasteiger partial charge on any atom is 0.192 e. The molecule has 4 heterocycles. The highest BCUT2D eigenvalue weighted by Crippen LogP contribution is 2.37. The van der Waals surface area contributed by atoms with Gasteiger partial charge in [-0.25, -0.2) is 13.4 Å². The molecule has 10 heteroatoms. The van der Waals surface area contributed by atoms with Gasteiger partial charge in [0.1, 0.15) is 13.2 Å². The third-order valence-electron chi connectivity index (χ3n) is 4.72. The largest absolute Gasteiger partial charge is 0.486 e. The molecule has 0 amide bonds. The molecule has 1 aromatic carbocycles. The van der Waals surface area contributed by atoms with Gasteiger partial charge in [0.25, 0.3) is 0 Å². The molecular weight excluding hydrogens is 394 g/mol. The molecule has 0 aliphatic carbocycles. The van der Waals surface area contributed by atoms with E-state index in [4.69, 9.17) is 26.7 Å². The minimum absolute atomic E-state index is 0.101. The Labute approximate surface area is 159 Å². The minimum atomic E-state index is -3.04. The van der Waals surface area contributed by atoms with Crippen LogP contribution < -0.4 is 19.7 Å². The summed E-state index contributed by atoms with van der Waals surface area (Å²) in [6.45, 7) is 1.09. The number of benzene rings is 1. The quantitative estimate of drug-likeness (QED) is 0.747. The van der Waals surface area contributed by atoms with Gasteiger partial charge in [-0.1, -0.05) is 0 Å². The average Bonchev–Trinajstić information content (AvgIpc) is 3.26. The van der Waals surface area contributed by atoms with Crippen LogP contribution in [0.3, 0.4) is 0 Å². The van der Waals surface area contributed by atoms with Gasteiger partial charge in [0.15, 0.2) is 31.6 Å². The SMILES string of the molecule is O=S1(=O)C[C@@H]2NC(=S)N(c3nc(-c4ccc5c(c4)OCCO5)cs3)[C@@H]2C1. The molecule has 3 aliphatic rings. The summed E-state index contributed by atoms with van der Waals surface area (Å²) in [5.74, 6) is 1.67. The lowest BCUT2D eigenvalue weighted by molar-refractivity contribution is 0.171. The molecule has 1 N–H and O–H groups in total. The molecule has 0 unspecified atom stereocenters. The number of ether oxygens (including phenoxy) is 2. The second kappa shape index (κ2) is 5.80. The minimum Gasteiger partial charge on any atom is -0.486 e. The molecule has 5 rings (SSSR count).